The summed E-state index contributed by atoms with van der Waals surface area (Å²) in [5.41, 5.74) is 9.95. The zero-order valence-electron chi connectivity index (χ0n) is 24.6. The SMILES string of the molecule is c1ccc(-c2nc3ccccc3nc2-c2ccc(N(c3ccccc3)c3ccc(-c4nnc(-c5ccccn5)o4)cc3)cc2)cc1. The largest absolute Gasteiger partial charge is 0.415 e. The fourth-order valence-electron chi connectivity index (χ4n) is 5.48. The lowest BCUT2D eigenvalue weighted by Gasteiger charge is -2.25. The van der Waals surface area contributed by atoms with Gasteiger partial charge >= 0.3 is 0 Å². The van der Waals surface area contributed by atoms with Gasteiger partial charge in [-0.2, -0.15) is 0 Å². The molecule has 0 spiro atoms. The van der Waals surface area contributed by atoms with E-state index in [1.807, 2.05) is 91.0 Å². The highest BCUT2D eigenvalue weighted by Crippen LogP contribution is 2.38. The van der Waals surface area contributed by atoms with Crippen molar-refractivity contribution in [1.82, 2.24) is 25.1 Å². The van der Waals surface area contributed by atoms with E-state index in [0.29, 0.717) is 17.5 Å². The van der Waals surface area contributed by atoms with Crippen molar-refractivity contribution in [2.24, 2.45) is 0 Å². The molecule has 0 radical (unpaired) electrons. The lowest BCUT2D eigenvalue weighted by atomic mass is 10.0. The van der Waals surface area contributed by atoms with Crippen LogP contribution in [0.15, 0.2) is 162 Å². The Balaban J connectivity index is 1.16. The number of hydrogen-bond donors (Lipinski definition) is 0. The van der Waals surface area contributed by atoms with Crippen molar-refractivity contribution in [3.8, 4) is 45.6 Å². The third kappa shape index (κ3) is 5.27. The molecule has 0 aliphatic heterocycles. The molecular formula is C39H26N6O. The van der Waals surface area contributed by atoms with Crippen LogP contribution in [0.1, 0.15) is 0 Å². The fourth-order valence-corrected chi connectivity index (χ4v) is 5.48. The lowest BCUT2D eigenvalue weighted by molar-refractivity contribution is 0.582. The molecule has 0 fully saturated rings. The number of hydrogen-bond acceptors (Lipinski definition) is 7. The first-order valence-corrected chi connectivity index (χ1v) is 14.9. The summed E-state index contributed by atoms with van der Waals surface area (Å²) < 4.78 is 5.94. The van der Waals surface area contributed by atoms with Crippen LogP contribution in [0.2, 0.25) is 0 Å². The van der Waals surface area contributed by atoms with Crippen LogP contribution in [0, 0.1) is 0 Å². The summed E-state index contributed by atoms with van der Waals surface area (Å²) in [6.45, 7) is 0. The second kappa shape index (κ2) is 11.9. The number of fused-ring (bicyclic) bond motifs is 1. The average molecular weight is 595 g/mol. The summed E-state index contributed by atoms with van der Waals surface area (Å²) in [5, 5.41) is 8.45. The highest BCUT2D eigenvalue weighted by molar-refractivity contribution is 5.87. The van der Waals surface area contributed by atoms with Crippen LogP contribution in [0.3, 0.4) is 0 Å². The maximum Gasteiger partial charge on any atom is 0.266 e. The second-order valence-corrected chi connectivity index (χ2v) is 10.7. The van der Waals surface area contributed by atoms with Gasteiger partial charge in [0.2, 0.25) is 5.89 Å². The summed E-state index contributed by atoms with van der Waals surface area (Å²) >= 11 is 0. The van der Waals surface area contributed by atoms with E-state index in [9.17, 15) is 0 Å². The molecule has 218 valence electrons. The molecule has 0 aliphatic carbocycles. The number of anilines is 3. The summed E-state index contributed by atoms with van der Waals surface area (Å²) in [6, 6.07) is 50.7. The van der Waals surface area contributed by atoms with Crippen molar-refractivity contribution in [2.75, 3.05) is 4.90 Å². The van der Waals surface area contributed by atoms with Crippen LogP contribution < -0.4 is 4.90 Å². The van der Waals surface area contributed by atoms with Crippen LogP contribution in [-0.4, -0.2) is 25.1 Å². The van der Waals surface area contributed by atoms with Crippen molar-refractivity contribution >= 4 is 28.1 Å². The molecule has 7 heteroatoms. The first-order valence-electron chi connectivity index (χ1n) is 14.9. The van der Waals surface area contributed by atoms with Gasteiger partial charge in [0.1, 0.15) is 5.69 Å². The molecule has 46 heavy (non-hydrogen) atoms. The Bertz CT molecular complexity index is 2240. The summed E-state index contributed by atoms with van der Waals surface area (Å²) in [5.74, 6) is 0.825. The summed E-state index contributed by atoms with van der Waals surface area (Å²) in [4.78, 5) is 16.6. The molecule has 0 N–H and O–H groups in total. The van der Waals surface area contributed by atoms with Gasteiger partial charge < -0.3 is 9.32 Å². The number of benzene rings is 5. The van der Waals surface area contributed by atoms with Crippen molar-refractivity contribution < 1.29 is 4.42 Å². The zero-order chi connectivity index (χ0) is 30.7. The van der Waals surface area contributed by atoms with E-state index in [1.165, 1.54) is 0 Å². The van der Waals surface area contributed by atoms with Crippen molar-refractivity contribution in [3.05, 3.63) is 158 Å². The van der Waals surface area contributed by atoms with E-state index < -0.39 is 0 Å². The normalized spacial score (nSPS) is 11.0. The number of rotatable bonds is 7. The summed E-state index contributed by atoms with van der Waals surface area (Å²) in [6.07, 6.45) is 1.70. The number of nitrogens with zero attached hydrogens (tertiary/aromatic N) is 6. The quantitative estimate of drug-likeness (QED) is 0.182. The van der Waals surface area contributed by atoms with Gasteiger partial charge in [-0.1, -0.05) is 78.9 Å². The smallest absolute Gasteiger partial charge is 0.266 e. The van der Waals surface area contributed by atoms with E-state index >= 15 is 0 Å². The molecule has 3 aromatic heterocycles. The molecule has 3 heterocycles. The zero-order valence-corrected chi connectivity index (χ0v) is 24.6. The molecule has 7 nitrogen and oxygen atoms in total. The second-order valence-electron chi connectivity index (χ2n) is 10.7. The number of pyridine rings is 1. The number of para-hydroxylation sites is 3. The van der Waals surface area contributed by atoms with Crippen molar-refractivity contribution in [3.63, 3.8) is 0 Å². The molecule has 0 unspecified atom stereocenters. The molecular weight excluding hydrogens is 568 g/mol. The van der Waals surface area contributed by atoms with Gasteiger partial charge in [0, 0.05) is 39.9 Å². The average Bonchev–Trinajstić information content (AvgIpc) is 3.64. The first kappa shape index (κ1) is 27.1. The van der Waals surface area contributed by atoms with E-state index in [-0.39, 0.29) is 0 Å². The molecule has 0 amide bonds. The van der Waals surface area contributed by atoms with Gasteiger partial charge in [-0.3, -0.25) is 4.98 Å². The minimum absolute atomic E-state index is 0.386. The maximum absolute atomic E-state index is 5.94. The Labute approximate surface area is 265 Å². The van der Waals surface area contributed by atoms with Gasteiger partial charge in [-0.05, 0) is 72.8 Å². The fraction of sp³-hybridized carbons (Fsp3) is 0. The molecule has 0 bridgehead atoms. The molecule has 5 aromatic carbocycles. The minimum Gasteiger partial charge on any atom is -0.415 e. The van der Waals surface area contributed by atoms with E-state index in [4.69, 9.17) is 14.4 Å². The van der Waals surface area contributed by atoms with Gasteiger partial charge in [-0.15, -0.1) is 10.2 Å². The Morgan fingerprint density at radius 2 is 0.913 bits per heavy atom. The minimum atomic E-state index is 0.386. The molecule has 0 saturated carbocycles. The van der Waals surface area contributed by atoms with E-state index in [0.717, 1.165) is 56.2 Å². The highest BCUT2D eigenvalue weighted by Gasteiger charge is 2.17. The van der Waals surface area contributed by atoms with E-state index in [2.05, 4.69) is 80.7 Å². The van der Waals surface area contributed by atoms with Crippen LogP contribution in [0.5, 0.6) is 0 Å². The topological polar surface area (TPSA) is 80.8 Å². The lowest BCUT2D eigenvalue weighted by Crippen LogP contribution is -2.09. The van der Waals surface area contributed by atoms with Crippen LogP contribution in [-0.2, 0) is 0 Å². The van der Waals surface area contributed by atoms with Gasteiger partial charge in [-0.25, -0.2) is 9.97 Å². The highest BCUT2D eigenvalue weighted by atomic mass is 16.4. The molecule has 0 aliphatic rings. The predicted octanol–water partition coefficient (Wildman–Crippen LogP) is 9.55. The van der Waals surface area contributed by atoms with Crippen molar-refractivity contribution in [1.29, 1.82) is 0 Å². The maximum atomic E-state index is 5.94. The Morgan fingerprint density at radius 1 is 0.413 bits per heavy atom. The van der Waals surface area contributed by atoms with E-state index in [1.54, 1.807) is 6.20 Å². The van der Waals surface area contributed by atoms with Crippen LogP contribution in [0.4, 0.5) is 17.1 Å². The number of aromatic nitrogens is 5. The predicted molar refractivity (Wildman–Crippen MR) is 182 cm³/mol. The standard InChI is InChI=1S/C39H26N6O/c1-3-11-27(12-4-1)36-37(42-34-16-8-7-15-33(34)41-36)28-18-22-31(23-19-28)45(30-13-5-2-6-14-30)32-24-20-29(21-25-32)38-43-44-39(46-38)35-17-9-10-26-40-35/h1-26H. The van der Waals surface area contributed by atoms with Gasteiger partial charge in [0.25, 0.3) is 5.89 Å². The molecule has 8 aromatic rings. The van der Waals surface area contributed by atoms with Gasteiger partial charge in [0.15, 0.2) is 0 Å². The Morgan fingerprint density at radius 3 is 1.52 bits per heavy atom. The molecule has 0 saturated heterocycles. The molecule has 8 rings (SSSR count). The van der Waals surface area contributed by atoms with Crippen molar-refractivity contribution in [2.45, 2.75) is 0 Å². The van der Waals surface area contributed by atoms with Crippen LogP contribution in [0.25, 0.3) is 56.6 Å². The monoisotopic (exact) mass is 594 g/mol. The third-order valence-electron chi connectivity index (χ3n) is 7.71. The van der Waals surface area contributed by atoms with Crippen LogP contribution >= 0.6 is 0 Å². The van der Waals surface area contributed by atoms with Gasteiger partial charge in [0.05, 0.1) is 22.4 Å². The summed E-state index contributed by atoms with van der Waals surface area (Å²) in [7, 11) is 0. The molecule has 0 atom stereocenters. The third-order valence-corrected chi connectivity index (χ3v) is 7.71. The first-order chi connectivity index (χ1) is 22.8. The Hall–Kier alpha value is -6.47. The Kier molecular flexibility index (Phi) is 7.01.